The lowest BCUT2D eigenvalue weighted by molar-refractivity contribution is -0.114. The van der Waals surface area contributed by atoms with E-state index >= 15 is 0 Å². The van der Waals surface area contributed by atoms with E-state index < -0.39 is 12.3 Å². The number of aromatic nitrogens is 6. The highest BCUT2D eigenvalue weighted by Crippen LogP contribution is 2.43. The Labute approximate surface area is 202 Å². The lowest BCUT2D eigenvalue weighted by atomic mass is 9.81. The number of aromatic amines is 1. The predicted octanol–water partition coefficient (Wildman–Crippen LogP) is 6.45. The minimum atomic E-state index is -2.87. The Balaban J connectivity index is 1.32. The number of rotatable bonds is 6. The molecule has 0 bridgehead atoms. The van der Waals surface area contributed by atoms with Crippen LogP contribution in [0.3, 0.4) is 0 Å². The molecule has 0 unspecified atom stereocenters. The van der Waals surface area contributed by atoms with Crippen molar-refractivity contribution >= 4 is 22.1 Å². The van der Waals surface area contributed by atoms with Crippen LogP contribution in [0.2, 0.25) is 0 Å². The zero-order valence-electron chi connectivity index (χ0n) is 19.1. The quantitative estimate of drug-likeness (QED) is 0.273. The topological polar surface area (TPSA) is 81.5 Å². The largest absolute Gasteiger partial charge is 0.457 e. The third kappa shape index (κ3) is 4.14. The molecule has 2 aromatic carbocycles. The van der Waals surface area contributed by atoms with Gasteiger partial charge in [0.15, 0.2) is 0 Å². The molecule has 5 aromatic rings. The molecule has 0 radical (unpaired) electrons. The third-order valence-corrected chi connectivity index (χ3v) is 6.28. The SMILES string of the molecule is Cc1nc2ccc(Oc3ccc4ncc(-c5cnn(CC6CC(F)(F)C6)c5)nc4c3C(F)F)cc2[nH]1. The maximum absolute atomic E-state index is 14.3. The van der Waals surface area contributed by atoms with Gasteiger partial charge < -0.3 is 9.72 Å². The van der Waals surface area contributed by atoms with Gasteiger partial charge in [0.1, 0.15) is 22.8 Å². The van der Waals surface area contributed by atoms with Gasteiger partial charge in [-0.2, -0.15) is 5.10 Å². The molecule has 3 heterocycles. The van der Waals surface area contributed by atoms with Gasteiger partial charge in [0.05, 0.1) is 40.2 Å². The van der Waals surface area contributed by atoms with Crippen molar-refractivity contribution in [3.8, 4) is 22.8 Å². The molecule has 3 aromatic heterocycles. The molecule has 184 valence electrons. The number of H-pyrrole nitrogens is 1. The maximum Gasteiger partial charge on any atom is 0.269 e. The van der Waals surface area contributed by atoms with E-state index in [0.29, 0.717) is 29.1 Å². The van der Waals surface area contributed by atoms with E-state index in [-0.39, 0.29) is 35.6 Å². The zero-order chi connectivity index (χ0) is 25.0. The molecule has 1 aliphatic carbocycles. The standard InChI is InChI=1S/C25H20F4N6O/c1-13-32-17-3-2-16(6-19(17)33-13)36-21-5-4-18-23(22(21)24(26)27)34-20(10-30-18)15-9-31-35(12-15)11-14-7-25(28,29)8-14/h2-6,9-10,12,14,24H,7-8,11H2,1H3,(H,32,33). The molecular weight excluding hydrogens is 476 g/mol. The molecule has 0 amide bonds. The minimum Gasteiger partial charge on any atom is -0.457 e. The Hall–Kier alpha value is -4.02. The van der Waals surface area contributed by atoms with Gasteiger partial charge in [0.25, 0.3) is 6.43 Å². The fourth-order valence-corrected chi connectivity index (χ4v) is 4.60. The second kappa shape index (κ2) is 8.28. The van der Waals surface area contributed by atoms with Crippen molar-refractivity contribution in [3.63, 3.8) is 0 Å². The monoisotopic (exact) mass is 496 g/mol. The first-order valence-electron chi connectivity index (χ1n) is 11.4. The molecule has 0 atom stereocenters. The van der Waals surface area contributed by atoms with Crippen LogP contribution in [-0.2, 0) is 6.54 Å². The molecule has 36 heavy (non-hydrogen) atoms. The summed E-state index contributed by atoms with van der Waals surface area (Å²) in [5.41, 5.74) is 2.33. The summed E-state index contributed by atoms with van der Waals surface area (Å²) in [4.78, 5) is 16.2. The second-order valence-corrected chi connectivity index (χ2v) is 9.09. The lowest BCUT2D eigenvalue weighted by Crippen LogP contribution is -2.37. The molecule has 0 spiro atoms. The highest BCUT2D eigenvalue weighted by atomic mass is 19.3. The van der Waals surface area contributed by atoms with Crippen molar-refractivity contribution in [3.05, 3.63) is 60.3 Å². The lowest BCUT2D eigenvalue weighted by Gasteiger charge is -2.34. The minimum absolute atomic E-state index is 0.0184. The van der Waals surface area contributed by atoms with E-state index in [1.54, 1.807) is 35.1 Å². The van der Waals surface area contributed by atoms with Crippen LogP contribution in [0.15, 0.2) is 48.9 Å². The van der Waals surface area contributed by atoms with E-state index in [2.05, 4.69) is 25.0 Å². The molecule has 1 N–H and O–H groups in total. The molecule has 0 aliphatic heterocycles. The van der Waals surface area contributed by atoms with Gasteiger partial charge in [0.2, 0.25) is 5.92 Å². The van der Waals surface area contributed by atoms with Crippen LogP contribution in [0.5, 0.6) is 11.5 Å². The van der Waals surface area contributed by atoms with E-state index in [1.165, 1.54) is 18.5 Å². The number of hydrogen-bond acceptors (Lipinski definition) is 5. The first-order valence-corrected chi connectivity index (χ1v) is 11.4. The first-order chi connectivity index (χ1) is 17.2. The number of aryl methyl sites for hydroxylation is 1. The van der Waals surface area contributed by atoms with Crippen molar-refractivity contribution in [1.82, 2.24) is 29.7 Å². The number of alkyl halides is 4. The average Bonchev–Trinajstić information content (AvgIpc) is 3.42. The first kappa shape index (κ1) is 22.4. The summed E-state index contributed by atoms with van der Waals surface area (Å²) >= 11 is 0. The molecule has 6 rings (SSSR count). The molecule has 7 nitrogen and oxygen atoms in total. The van der Waals surface area contributed by atoms with Crippen LogP contribution >= 0.6 is 0 Å². The summed E-state index contributed by atoms with van der Waals surface area (Å²) < 4.78 is 62.2. The Kier molecular flexibility index (Phi) is 5.16. The van der Waals surface area contributed by atoms with E-state index in [9.17, 15) is 17.6 Å². The zero-order valence-corrected chi connectivity index (χ0v) is 19.1. The third-order valence-electron chi connectivity index (χ3n) is 6.28. The molecule has 11 heteroatoms. The van der Waals surface area contributed by atoms with Gasteiger partial charge in [-0.05, 0) is 37.1 Å². The number of nitrogens with one attached hydrogen (secondary N) is 1. The van der Waals surface area contributed by atoms with E-state index in [4.69, 9.17) is 4.74 Å². The summed E-state index contributed by atoms with van der Waals surface area (Å²) in [6.07, 6.45) is 1.48. The van der Waals surface area contributed by atoms with Crippen LogP contribution in [0.25, 0.3) is 33.3 Å². The molecular formula is C25H20F4N6O. The normalized spacial score (nSPS) is 15.6. The summed E-state index contributed by atoms with van der Waals surface area (Å²) in [5, 5.41) is 4.22. The van der Waals surface area contributed by atoms with Gasteiger partial charge in [0, 0.05) is 37.2 Å². The van der Waals surface area contributed by atoms with Crippen molar-refractivity contribution in [2.24, 2.45) is 5.92 Å². The van der Waals surface area contributed by atoms with Gasteiger partial charge in [-0.15, -0.1) is 0 Å². The molecule has 0 saturated heterocycles. The molecule has 1 saturated carbocycles. The number of hydrogen-bond donors (Lipinski definition) is 1. The molecule has 1 aliphatic rings. The predicted molar refractivity (Wildman–Crippen MR) is 124 cm³/mol. The van der Waals surface area contributed by atoms with E-state index in [0.717, 1.165) is 16.9 Å². The fourth-order valence-electron chi connectivity index (χ4n) is 4.60. The number of halogens is 4. The highest BCUT2D eigenvalue weighted by molar-refractivity contribution is 5.83. The smallest absolute Gasteiger partial charge is 0.269 e. The number of benzene rings is 2. The van der Waals surface area contributed by atoms with Crippen LogP contribution in [-0.4, -0.2) is 35.6 Å². The highest BCUT2D eigenvalue weighted by Gasteiger charge is 2.45. The Morgan fingerprint density at radius 2 is 1.92 bits per heavy atom. The Bertz CT molecular complexity index is 1590. The fraction of sp³-hybridized carbons (Fsp3) is 0.280. The summed E-state index contributed by atoms with van der Waals surface area (Å²) in [7, 11) is 0. The Morgan fingerprint density at radius 1 is 1.11 bits per heavy atom. The molecule has 1 fully saturated rings. The number of fused-ring (bicyclic) bond motifs is 2. The number of imidazole rings is 1. The second-order valence-electron chi connectivity index (χ2n) is 9.09. The van der Waals surface area contributed by atoms with Crippen LogP contribution in [0.1, 0.15) is 30.7 Å². The Morgan fingerprint density at radius 3 is 2.69 bits per heavy atom. The summed E-state index contributed by atoms with van der Waals surface area (Å²) in [6, 6.07) is 8.14. The van der Waals surface area contributed by atoms with Gasteiger partial charge in [-0.25, -0.2) is 27.5 Å². The van der Waals surface area contributed by atoms with Crippen molar-refractivity contribution in [2.75, 3.05) is 0 Å². The number of ether oxygens (including phenoxy) is 1. The van der Waals surface area contributed by atoms with Gasteiger partial charge in [-0.1, -0.05) is 0 Å². The number of nitrogens with zero attached hydrogens (tertiary/aromatic N) is 5. The van der Waals surface area contributed by atoms with Gasteiger partial charge in [-0.3, -0.25) is 9.67 Å². The maximum atomic E-state index is 14.3. The van der Waals surface area contributed by atoms with Crippen LogP contribution in [0.4, 0.5) is 17.6 Å². The van der Waals surface area contributed by atoms with Crippen LogP contribution < -0.4 is 4.74 Å². The van der Waals surface area contributed by atoms with Gasteiger partial charge >= 0.3 is 0 Å². The summed E-state index contributed by atoms with van der Waals surface area (Å²) in [6.45, 7) is 2.18. The average molecular weight is 496 g/mol. The van der Waals surface area contributed by atoms with Crippen LogP contribution in [0, 0.1) is 12.8 Å². The van der Waals surface area contributed by atoms with E-state index in [1.807, 2.05) is 6.92 Å². The van der Waals surface area contributed by atoms with Crippen molar-refractivity contribution in [2.45, 2.75) is 38.7 Å². The summed E-state index contributed by atoms with van der Waals surface area (Å²) in [5.74, 6) is -1.66. The van der Waals surface area contributed by atoms with Crippen molar-refractivity contribution in [1.29, 1.82) is 0 Å². The van der Waals surface area contributed by atoms with Crippen molar-refractivity contribution < 1.29 is 22.3 Å².